The number of hydrogen-bond acceptors (Lipinski definition) is 3. The first-order chi connectivity index (χ1) is 7.90. The molecule has 1 amide bonds. The lowest BCUT2D eigenvalue weighted by Crippen LogP contribution is -2.25. The molecule has 0 unspecified atom stereocenters. The van der Waals surface area contributed by atoms with Crippen LogP contribution in [0.2, 0.25) is 0 Å². The van der Waals surface area contributed by atoms with Gasteiger partial charge in [-0.2, -0.15) is 0 Å². The van der Waals surface area contributed by atoms with Crippen molar-refractivity contribution in [2.24, 2.45) is 0 Å². The van der Waals surface area contributed by atoms with Gasteiger partial charge in [0.15, 0.2) is 0 Å². The summed E-state index contributed by atoms with van der Waals surface area (Å²) in [7, 11) is 3.00. The smallest absolute Gasteiger partial charge is 0.414 e. The number of carbonyl (C=O) groups excluding carboxylic acids is 1. The fourth-order valence-corrected chi connectivity index (χ4v) is 1.09. The van der Waals surface area contributed by atoms with Crippen molar-refractivity contribution in [2.75, 3.05) is 14.1 Å². The van der Waals surface area contributed by atoms with E-state index in [1.165, 1.54) is 31.1 Å². The number of carboxylic acid groups (broad SMARTS) is 1. The van der Waals surface area contributed by atoms with Crippen LogP contribution in [-0.2, 0) is 11.2 Å². The Balaban J connectivity index is 2.82. The number of ether oxygens (including phenoxy) is 1. The molecule has 0 fully saturated rings. The Hall–Kier alpha value is -2.11. The van der Waals surface area contributed by atoms with Crippen molar-refractivity contribution in [2.45, 2.75) is 6.42 Å². The number of carboxylic acids is 1. The fourth-order valence-electron chi connectivity index (χ4n) is 1.09. The first-order valence-electron chi connectivity index (χ1n) is 4.79. The quantitative estimate of drug-likeness (QED) is 0.871. The molecule has 0 aliphatic rings. The first-order valence-corrected chi connectivity index (χ1v) is 4.79. The summed E-state index contributed by atoms with van der Waals surface area (Å²) in [6.07, 6.45) is -1.04. The third-order valence-corrected chi connectivity index (χ3v) is 1.94. The summed E-state index contributed by atoms with van der Waals surface area (Å²) in [6.45, 7) is 0. The van der Waals surface area contributed by atoms with Crippen LogP contribution in [0.1, 0.15) is 5.56 Å². The van der Waals surface area contributed by atoms with Crippen molar-refractivity contribution >= 4 is 12.1 Å². The maximum atomic E-state index is 13.4. The molecule has 0 aliphatic carbocycles. The predicted molar refractivity (Wildman–Crippen MR) is 57.5 cm³/mol. The van der Waals surface area contributed by atoms with Gasteiger partial charge in [-0.25, -0.2) is 9.18 Å². The van der Waals surface area contributed by atoms with E-state index in [1.54, 1.807) is 0 Å². The summed E-state index contributed by atoms with van der Waals surface area (Å²) in [4.78, 5) is 22.8. The van der Waals surface area contributed by atoms with Crippen LogP contribution >= 0.6 is 0 Å². The zero-order valence-corrected chi connectivity index (χ0v) is 9.44. The molecule has 92 valence electrons. The Bertz CT molecular complexity index is 445. The fraction of sp³-hybridized carbons (Fsp3) is 0.273. The molecule has 0 saturated heterocycles. The highest BCUT2D eigenvalue weighted by Gasteiger charge is 2.11. The Labute approximate surface area is 97.4 Å². The largest absolute Gasteiger partial charge is 0.481 e. The maximum Gasteiger partial charge on any atom is 0.414 e. The van der Waals surface area contributed by atoms with Gasteiger partial charge in [-0.15, -0.1) is 0 Å². The van der Waals surface area contributed by atoms with Crippen LogP contribution in [0.4, 0.5) is 9.18 Å². The molecule has 0 heterocycles. The summed E-state index contributed by atoms with van der Waals surface area (Å²) < 4.78 is 18.2. The van der Waals surface area contributed by atoms with Crippen LogP contribution < -0.4 is 4.74 Å². The Morgan fingerprint density at radius 3 is 2.53 bits per heavy atom. The zero-order valence-electron chi connectivity index (χ0n) is 9.44. The Morgan fingerprint density at radius 1 is 1.41 bits per heavy atom. The molecule has 0 radical (unpaired) electrons. The minimum absolute atomic E-state index is 0.0374. The summed E-state index contributed by atoms with van der Waals surface area (Å²) in [5.74, 6) is -1.80. The molecule has 1 N–H and O–H groups in total. The monoisotopic (exact) mass is 241 g/mol. The lowest BCUT2D eigenvalue weighted by Gasteiger charge is -2.11. The topological polar surface area (TPSA) is 66.8 Å². The molecule has 0 spiro atoms. The molecule has 0 saturated carbocycles. The third-order valence-electron chi connectivity index (χ3n) is 1.94. The SMILES string of the molecule is CN(C)C(=O)Oc1ccc(CC(=O)O)c(F)c1. The van der Waals surface area contributed by atoms with Gasteiger partial charge in [-0.1, -0.05) is 6.07 Å². The van der Waals surface area contributed by atoms with E-state index in [-0.39, 0.29) is 11.3 Å². The molecule has 17 heavy (non-hydrogen) atoms. The van der Waals surface area contributed by atoms with Crippen molar-refractivity contribution in [1.82, 2.24) is 4.90 Å². The number of rotatable bonds is 3. The van der Waals surface area contributed by atoms with Gasteiger partial charge in [0, 0.05) is 20.2 Å². The normalized spacial score (nSPS) is 9.82. The van der Waals surface area contributed by atoms with E-state index < -0.39 is 24.3 Å². The van der Waals surface area contributed by atoms with Crippen LogP contribution in [0.15, 0.2) is 18.2 Å². The molecule has 1 aromatic rings. The van der Waals surface area contributed by atoms with E-state index in [1.807, 2.05) is 0 Å². The molecular formula is C11H12FNO4. The van der Waals surface area contributed by atoms with Gasteiger partial charge in [-0.05, 0) is 11.6 Å². The standard InChI is InChI=1S/C11H12FNO4/c1-13(2)11(16)17-8-4-3-7(5-10(14)15)9(12)6-8/h3-4,6H,5H2,1-2H3,(H,14,15). The van der Waals surface area contributed by atoms with E-state index in [0.717, 1.165) is 6.07 Å². The van der Waals surface area contributed by atoms with Gasteiger partial charge in [0.25, 0.3) is 0 Å². The van der Waals surface area contributed by atoms with E-state index in [0.29, 0.717) is 0 Å². The molecular weight excluding hydrogens is 229 g/mol. The summed E-state index contributed by atoms with van der Waals surface area (Å²) in [5, 5.41) is 8.52. The number of amides is 1. The molecule has 5 nitrogen and oxygen atoms in total. The van der Waals surface area contributed by atoms with Crippen LogP contribution in [0.5, 0.6) is 5.75 Å². The van der Waals surface area contributed by atoms with Crippen molar-refractivity contribution in [3.05, 3.63) is 29.6 Å². The van der Waals surface area contributed by atoms with Crippen molar-refractivity contribution < 1.29 is 23.8 Å². The van der Waals surface area contributed by atoms with Gasteiger partial charge in [0.1, 0.15) is 11.6 Å². The molecule has 1 rings (SSSR count). The number of aliphatic carboxylic acids is 1. The molecule has 0 atom stereocenters. The highest BCUT2D eigenvalue weighted by molar-refractivity contribution is 5.71. The van der Waals surface area contributed by atoms with Crippen LogP contribution in [0.25, 0.3) is 0 Å². The lowest BCUT2D eigenvalue weighted by atomic mass is 10.1. The average Bonchev–Trinajstić information content (AvgIpc) is 2.21. The first kappa shape index (κ1) is 13.0. The van der Waals surface area contributed by atoms with E-state index in [4.69, 9.17) is 9.84 Å². The minimum Gasteiger partial charge on any atom is -0.481 e. The van der Waals surface area contributed by atoms with Crippen molar-refractivity contribution in [1.29, 1.82) is 0 Å². The number of nitrogens with zero attached hydrogens (tertiary/aromatic N) is 1. The van der Waals surface area contributed by atoms with Crippen molar-refractivity contribution in [3.8, 4) is 5.75 Å². The van der Waals surface area contributed by atoms with E-state index in [9.17, 15) is 14.0 Å². The second kappa shape index (κ2) is 5.29. The minimum atomic E-state index is -1.12. The summed E-state index contributed by atoms with van der Waals surface area (Å²) in [5.41, 5.74) is 0.0437. The average molecular weight is 241 g/mol. The molecule has 0 aliphatic heterocycles. The lowest BCUT2D eigenvalue weighted by molar-refractivity contribution is -0.136. The van der Waals surface area contributed by atoms with Crippen LogP contribution in [0.3, 0.4) is 0 Å². The number of benzene rings is 1. The molecule has 0 bridgehead atoms. The predicted octanol–water partition coefficient (Wildman–Crippen LogP) is 1.51. The highest BCUT2D eigenvalue weighted by atomic mass is 19.1. The van der Waals surface area contributed by atoms with Gasteiger partial charge >= 0.3 is 12.1 Å². The molecule has 6 heteroatoms. The Morgan fingerprint density at radius 2 is 2.06 bits per heavy atom. The van der Waals surface area contributed by atoms with Gasteiger partial charge < -0.3 is 14.7 Å². The maximum absolute atomic E-state index is 13.4. The van der Waals surface area contributed by atoms with Crippen LogP contribution in [0, 0.1) is 5.82 Å². The third kappa shape index (κ3) is 3.75. The Kier molecular flexibility index (Phi) is 4.03. The van der Waals surface area contributed by atoms with Gasteiger partial charge in [0.05, 0.1) is 6.42 Å². The van der Waals surface area contributed by atoms with Crippen LogP contribution in [-0.4, -0.2) is 36.2 Å². The van der Waals surface area contributed by atoms with Gasteiger partial charge in [-0.3, -0.25) is 4.79 Å². The second-order valence-electron chi connectivity index (χ2n) is 3.59. The summed E-state index contributed by atoms with van der Waals surface area (Å²) in [6, 6.07) is 3.62. The second-order valence-corrected chi connectivity index (χ2v) is 3.59. The van der Waals surface area contributed by atoms with E-state index in [2.05, 4.69) is 0 Å². The highest BCUT2D eigenvalue weighted by Crippen LogP contribution is 2.17. The van der Waals surface area contributed by atoms with E-state index >= 15 is 0 Å². The van der Waals surface area contributed by atoms with Gasteiger partial charge in [0.2, 0.25) is 0 Å². The molecule has 0 aromatic heterocycles. The number of hydrogen-bond donors (Lipinski definition) is 1. The molecule has 1 aromatic carbocycles. The summed E-state index contributed by atoms with van der Waals surface area (Å²) >= 11 is 0. The zero-order chi connectivity index (χ0) is 13.0. The number of carbonyl (C=O) groups is 2. The number of halogens is 1. The van der Waals surface area contributed by atoms with Crippen molar-refractivity contribution in [3.63, 3.8) is 0 Å².